The Morgan fingerprint density at radius 2 is 1.80 bits per heavy atom. The van der Waals surface area contributed by atoms with Crippen molar-refractivity contribution in [3.8, 4) is 11.5 Å². The molecule has 1 unspecified atom stereocenters. The van der Waals surface area contributed by atoms with Gasteiger partial charge in [0.15, 0.2) is 0 Å². The van der Waals surface area contributed by atoms with Crippen molar-refractivity contribution in [1.82, 2.24) is 8.87 Å². The maximum atomic E-state index is 14.4. The van der Waals surface area contributed by atoms with E-state index in [2.05, 4.69) is 0 Å². The smallest absolute Gasteiger partial charge is 0.247 e. The molecule has 30 heavy (non-hydrogen) atoms. The van der Waals surface area contributed by atoms with Crippen LogP contribution in [-0.4, -0.2) is 38.1 Å². The molecule has 1 aromatic heterocycles. The van der Waals surface area contributed by atoms with E-state index in [1.54, 1.807) is 24.3 Å². The van der Waals surface area contributed by atoms with Gasteiger partial charge in [0.05, 0.1) is 20.3 Å². The van der Waals surface area contributed by atoms with Crippen LogP contribution in [0.1, 0.15) is 17.3 Å². The van der Waals surface area contributed by atoms with Gasteiger partial charge in [-0.3, -0.25) is 0 Å². The number of methoxy groups -OCH3 is 2. The quantitative estimate of drug-likeness (QED) is 0.616. The summed E-state index contributed by atoms with van der Waals surface area (Å²) in [5.74, 6) is -0.862. The predicted molar refractivity (Wildman–Crippen MR) is 106 cm³/mol. The van der Waals surface area contributed by atoms with E-state index in [1.807, 2.05) is 16.8 Å². The van der Waals surface area contributed by atoms with Gasteiger partial charge in [0.25, 0.3) is 0 Å². The Labute approximate surface area is 173 Å². The van der Waals surface area contributed by atoms with Crippen molar-refractivity contribution in [1.29, 1.82) is 0 Å². The van der Waals surface area contributed by atoms with E-state index < -0.39 is 32.6 Å². The van der Waals surface area contributed by atoms with Gasteiger partial charge in [0.2, 0.25) is 10.0 Å². The number of hydrogen-bond acceptors (Lipinski definition) is 4. The third-order valence-corrected chi connectivity index (χ3v) is 7.08. The minimum absolute atomic E-state index is 0.0744. The Kier molecular flexibility index (Phi) is 5.25. The molecule has 0 amide bonds. The van der Waals surface area contributed by atoms with E-state index in [0.717, 1.165) is 12.1 Å². The van der Waals surface area contributed by atoms with E-state index >= 15 is 0 Å². The van der Waals surface area contributed by atoms with Crippen LogP contribution in [-0.2, 0) is 16.6 Å². The Morgan fingerprint density at radius 1 is 1.00 bits per heavy atom. The molecule has 0 saturated carbocycles. The molecule has 2 aromatic carbocycles. The minimum Gasteiger partial charge on any atom is -0.497 e. The molecule has 1 aliphatic rings. The highest BCUT2D eigenvalue weighted by Crippen LogP contribution is 2.41. The van der Waals surface area contributed by atoms with Gasteiger partial charge in [-0.05, 0) is 48.5 Å². The van der Waals surface area contributed by atoms with E-state index in [4.69, 9.17) is 9.47 Å². The van der Waals surface area contributed by atoms with Crippen molar-refractivity contribution >= 4 is 10.0 Å². The van der Waals surface area contributed by atoms with Crippen LogP contribution in [0.15, 0.2) is 59.6 Å². The number of hydrogen-bond donors (Lipinski definition) is 0. The Bertz CT molecular complexity index is 1190. The van der Waals surface area contributed by atoms with Crippen LogP contribution < -0.4 is 9.47 Å². The molecule has 2 heterocycles. The first-order valence-corrected chi connectivity index (χ1v) is 10.6. The summed E-state index contributed by atoms with van der Waals surface area (Å²) in [6, 6.07) is 10.3. The highest BCUT2D eigenvalue weighted by molar-refractivity contribution is 7.89. The summed E-state index contributed by atoms with van der Waals surface area (Å²) in [6.45, 7) is 0.451. The van der Waals surface area contributed by atoms with Crippen LogP contribution in [0.25, 0.3) is 0 Å². The van der Waals surface area contributed by atoms with Gasteiger partial charge in [-0.1, -0.05) is 0 Å². The fourth-order valence-corrected chi connectivity index (χ4v) is 5.44. The number of nitrogens with zero attached hydrogens (tertiary/aromatic N) is 2. The molecule has 0 N–H and O–H groups in total. The van der Waals surface area contributed by atoms with E-state index in [9.17, 15) is 17.2 Å². The molecule has 0 saturated heterocycles. The van der Waals surface area contributed by atoms with E-state index in [1.165, 1.54) is 18.5 Å². The lowest BCUT2D eigenvalue weighted by atomic mass is 10.0. The highest BCUT2D eigenvalue weighted by Gasteiger charge is 2.40. The summed E-state index contributed by atoms with van der Waals surface area (Å²) in [4.78, 5) is -0.700. The number of rotatable bonds is 5. The second-order valence-electron chi connectivity index (χ2n) is 6.83. The summed E-state index contributed by atoms with van der Waals surface area (Å²) < 4.78 is 69.0. The zero-order valence-electron chi connectivity index (χ0n) is 16.4. The molecule has 0 spiro atoms. The summed E-state index contributed by atoms with van der Waals surface area (Å²) in [5, 5.41) is 0. The monoisotopic (exact) mass is 434 g/mol. The van der Waals surface area contributed by atoms with Gasteiger partial charge in [0.1, 0.15) is 28.0 Å². The molecule has 0 radical (unpaired) electrons. The van der Waals surface area contributed by atoms with Crippen molar-refractivity contribution in [2.24, 2.45) is 0 Å². The molecule has 0 aliphatic carbocycles. The normalized spacial score (nSPS) is 16.9. The summed E-state index contributed by atoms with van der Waals surface area (Å²) in [6.07, 6.45) is 1.85. The number of ether oxygens (including phenoxy) is 2. The Morgan fingerprint density at radius 3 is 2.53 bits per heavy atom. The number of fused-ring (bicyclic) bond motifs is 1. The van der Waals surface area contributed by atoms with Crippen molar-refractivity contribution in [2.45, 2.75) is 17.5 Å². The fourth-order valence-electron chi connectivity index (χ4n) is 3.79. The molecule has 0 fully saturated rings. The number of halogens is 2. The molecule has 3 aromatic rings. The van der Waals surface area contributed by atoms with Gasteiger partial charge >= 0.3 is 0 Å². The average Bonchev–Trinajstić information content (AvgIpc) is 3.23. The fraction of sp³-hybridized carbons (Fsp3) is 0.238. The zero-order valence-corrected chi connectivity index (χ0v) is 17.2. The molecule has 158 valence electrons. The lowest BCUT2D eigenvalue weighted by molar-refractivity contribution is 0.288. The van der Waals surface area contributed by atoms with Crippen LogP contribution >= 0.6 is 0 Å². The van der Waals surface area contributed by atoms with Crippen LogP contribution in [0, 0.1) is 11.6 Å². The topological polar surface area (TPSA) is 60.8 Å². The lowest BCUT2D eigenvalue weighted by Gasteiger charge is -2.37. The summed E-state index contributed by atoms with van der Waals surface area (Å²) >= 11 is 0. The number of sulfonamides is 1. The molecule has 6 nitrogen and oxygen atoms in total. The molecule has 0 bridgehead atoms. The predicted octanol–water partition coefficient (Wildman–Crippen LogP) is 3.58. The second kappa shape index (κ2) is 7.73. The molecular weight excluding hydrogens is 414 g/mol. The molecular formula is C21H20F2N2O4S. The van der Waals surface area contributed by atoms with Gasteiger partial charge in [0, 0.05) is 30.5 Å². The van der Waals surface area contributed by atoms with Gasteiger partial charge < -0.3 is 14.0 Å². The van der Waals surface area contributed by atoms with Crippen LogP contribution in [0.4, 0.5) is 8.78 Å². The highest BCUT2D eigenvalue weighted by atomic mass is 32.2. The van der Waals surface area contributed by atoms with Gasteiger partial charge in [-0.15, -0.1) is 0 Å². The van der Waals surface area contributed by atoms with Crippen molar-refractivity contribution < 1.29 is 26.7 Å². The van der Waals surface area contributed by atoms with Crippen molar-refractivity contribution in [3.05, 3.63) is 77.6 Å². The van der Waals surface area contributed by atoms with Crippen molar-refractivity contribution in [3.63, 3.8) is 0 Å². The first-order chi connectivity index (χ1) is 14.4. The molecule has 4 rings (SSSR count). The third kappa shape index (κ3) is 3.33. The van der Waals surface area contributed by atoms with E-state index in [0.29, 0.717) is 35.4 Å². The average molecular weight is 434 g/mol. The molecule has 1 aliphatic heterocycles. The van der Waals surface area contributed by atoms with Crippen molar-refractivity contribution in [2.75, 3.05) is 20.8 Å². The van der Waals surface area contributed by atoms with Crippen LogP contribution in [0.2, 0.25) is 0 Å². The van der Waals surface area contributed by atoms with Crippen LogP contribution in [0.3, 0.4) is 0 Å². The van der Waals surface area contributed by atoms with Gasteiger partial charge in [-0.2, -0.15) is 4.31 Å². The molecule has 1 atom stereocenters. The van der Waals surface area contributed by atoms with Crippen LogP contribution in [0.5, 0.6) is 11.5 Å². The maximum absolute atomic E-state index is 14.4. The summed E-state index contributed by atoms with van der Waals surface area (Å²) in [5.41, 5.74) is 1.23. The minimum atomic E-state index is -4.37. The third-order valence-electron chi connectivity index (χ3n) is 5.21. The Balaban J connectivity index is 1.93. The zero-order chi connectivity index (χ0) is 21.5. The largest absolute Gasteiger partial charge is 0.497 e. The first-order valence-electron chi connectivity index (χ1n) is 9.20. The summed E-state index contributed by atoms with van der Waals surface area (Å²) in [7, 11) is -1.38. The van der Waals surface area contributed by atoms with Gasteiger partial charge in [-0.25, -0.2) is 17.2 Å². The SMILES string of the molecule is COc1ccc(OC)c(C2c3cccn3CCN2S(=O)(=O)c2cc(F)ccc2F)c1. The Hall–Kier alpha value is -2.91. The first kappa shape index (κ1) is 20.4. The number of aromatic nitrogens is 1. The van der Waals surface area contributed by atoms with E-state index in [-0.39, 0.29) is 6.54 Å². The lowest BCUT2D eigenvalue weighted by Crippen LogP contribution is -2.42. The second-order valence-corrected chi connectivity index (χ2v) is 8.69. The molecule has 9 heteroatoms. The maximum Gasteiger partial charge on any atom is 0.247 e. The standard InChI is InChI=1S/C21H20F2N2O4S/c1-28-15-6-8-19(29-2)16(13-15)21-18-4-3-9-24(18)10-11-25(21)30(26,27)20-12-14(22)5-7-17(20)23/h3-9,12-13,21H,10-11H2,1-2H3. The number of benzene rings is 2.